The van der Waals surface area contributed by atoms with Crippen LogP contribution in [-0.4, -0.2) is 33.4 Å². The van der Waals surface area contributed by atoms with Gasteiger partial charge >= 0.3 is 0 Å². The van der Waals surface area contributed by atoms with E-state index in [0.717, 1.165) is 37.7 Å². The highest BCUT2D eigenvalue weighted by atomic mass is 19.1. The molecule has 0 aliphatic heterocycles. The molecule has 1 fully saturated rings. The molecule has 0 bridgehead atoms. The van der Waals surface area contributed by atoms with Crippen LogP contribution in [0.15, 0.2) is 36.5 Å². The molecule has 1 aromatic carbocycles. The fraction of sp³-hybridized carbons (Fsp3) is 0.481. The van der Waals surface area contributed by atoms with Gasteiger partial charge in [0.05, 0.1) is 13.3 Å². The van der Waals surface area contributed by atoms with Crippen LogP contribution in [0.5, 0.6) is 5.88 Å². The van der Waals surface area contributed by atoms with Crippen molar-refractivity contribution in [3.8, 4) is 5.88 Å². The Morgan fingerprint density at radius 1 is 1.23 bits per heavy atom. The van der Waals surface area contributed by atoms with E-state index in [1.54, 1.807) is 18.2 Å². The van der Waals surface area contributed by atoms with Crippen LogP contribution in [0.4, 0.5) is 10.2 Å². The van der Waals surface area contributed by atoms with Gasteiger partial charge < -0.3 is 10.1 Å². The zero-order chi connectivity index (χ0) is 24.2. The number of benzene rings is 1. The summed E-state index contributed by atoms with van der Waals surface area (Å²) in [7, 11) is 1.53. The van der Waals surface area contributed by atoms with Gasteiger partial charge in [-0.3, -0.25) is 9.89 Å². The molecule has 0 spiro atoms. The van der Waals surface area contributed by atoms with Crippen LogP contribution in [0.3, 0.4) is 0 Å². The smallest absolute Gasteiger partial charge is 0.233 e. The van der Waals surface area contributed by atoms with Crippen LogP contribution in [-0.2, 0) is 16.6 Å². The van der Waals surface area contributed by atoms with E-state index in [2.05, 4.69) is 38.7 Å². The summed E-state index contributed by atoms with van der Waals surface area (Å²) in [5.41, 5.74) is 4.59. The van der Waals surface area contributed by atoms with E-state index in [4.69, 9.17) is 4.74 Å². The molecule has 2 heterocycles. The second-order valence-electron chi connectivity index (χ2n) is 10.5. The number of methoxy groups -OCH3 is 1. The number of aromatic nitrogens is 4. The second kappa shape index (κ2) is 8.43. The van der Waals surface area contributed by atoms with E-state index in [-0.39, 0.29) is 23.1 Å². The average molecular weight is 476 g/mol. The Morgan fingerprint density at radius 3 is 2.91 bits per heavy atom. The van der Waals surface area contributed by atoms with Gasteiger partial charge in [-0.1, -0.05) is 19.1 Å². The van der Waals surface area contributed by atoms with Crippen molar-refractivity contribution in [1.29, 1.82) is 0 Å². The molecule has 6 rings (SSSR count). The van der Waals surface area contributed by atoms with E-state index in [0.29, 0.717) is 35.9 Å². The van der Waals surface area contributed by atoms with Crippen molar-refractivity contribution >= 4 is 11.7 Å². The molecule has 1 saturated carbocycles. The van der Waals surface area contributed by atoms with Crippen LogP contribution in [0, 0.1) is 17.7 Å². The van der Waals surface area contributed by atoms with Gasteiger partial charge in [0.25, 0.3) is 0 Å². The number of aromatic amines is 1. The van der Waals surface area contributed by atoms with Crippen molar-refractivity contribution in [2.75, 3.05) is 12.4 Å². The van der Waals surface area contributed by atoms with E-state index in [9.17, 15) is 9.18 Å². The molecule has 2 aromatic heterocycles. The van der Waals surface area contributed by atoms with Crippen LogP contribution in [0.2, 0.25) is 0 Å². The number of fused-ring (bicyclic) bond motifs is 7. The molecule has 3 aliphatic rings. The Balaban J connectivity index is 1.24. The highest BCUT2D eigenvalue weighted by Crippen LogP contribution is 2.64. The molecule has 8 heteroatoms. The highest BCUT2D eigenvalue weighted by molar-refractivity contribution is 5.89. The molecule has 5 atom stereocenters. The third-order valence-electron chi connectivity index (χ3n) is 8.84. The van der Waals surface area contributed by atoms with Gasteiger partial charge in [-0.2, -0.15) is 5.10 Å². The lowest BCUT2D eigenvalue weighted by Gasteiger charge is -2.50. The predicted octanol–water partition coefficient (Wildman–Crippen LogP) is 4.88. The maximum absolute atomic E-state index is 14.6. The molecule has 2 N–H and O–H groups in total. The zero-order valence-electron chi connectivity index (χ0n) is 20.1. The molecule has 182 valence electrons. The maximum Gasteiger partial charge on any atom is 0.233 e. The lowest BCUT2D eigenvalue weighted by Crippen LogP contribution is -2.44. The second-order valence-corrected chi connectivity index (χ2v) is 10.5. The summed E-state index contributed by atoms with van der Waals surface area (Å²) in [5.74, 6) is 2.15. The highest BCUT2D eigenvalue weighted by Gasteiger charge is 2.57. The number of carbonyl (C=O) groups is 1. The van der Waals surface area contributed by atoms with Gasteiger partial charge in [0.2, 0.25) is 11.8 Å². The molecule has 35 heavy (non-hydrogen) atoms. The number of amides is 1. The monoisotopic (exact) mass is 475 g/mol. The first kappa shape index (κ1) is 22.2. The van der Waals surface area contributed by atoms with E-state index in [1.165, 1.54) is 23.9 Å². The number of nitrogens with one attached hydrogen (secondary N) is 2. The van der Waals surface area contributed by atoms with E-state index in [1.807, 2.05) is 12.3 Å². The Hall–Kier alpha value is -3.29. The van der Waals surface area contributed by atoms with Gasteiger partial charge in [-0.25, -0.2) is 4.39 Å². The maximum atomic E-state index is 14.6. The SMILES string of the molecule is COc1ccc(NC(=O)CC[C@@H]2c3cn[nH]c3[C@@]3(C)CCC4c5cccc(F)c5CCC4C23)nn1. The quantitative estimate of drug-likeness (QED) is 0.549. The van der Waals surface area contributed by atoms with E-state index < -0.39 is 0 Å². The van der Waals surface area contributed by atoms with Crippen LogP contribution >= 0.6 is 0 Å². The molecular weight excluding hydrogens is 445 g/mol. The van der Waals surface area contributed by atoms with Gasteiger partial charge in [-0.05, 0) is 84.6 Å². The molecule has 3 aromatic rings. The van der Waals surface area contributed by atoms with Crippen molar-refractivity contribution < 1.29 is 13.9 Å². The van der Waals surface area contributed by atoms with E-state index >= 15 is 0 Å². The van der Waals surface area contributed by atoms with Crippen molar-refractivity contribution in [2.24, 2.45) is 11.8 Å². The summed E-state index contributed by atoms with van der Waals surface area (Å²) in [6.07, 6.45) is 6.94. The van der Waals surface area contributed by atoms with Gasteiger partial charge in [0.15, 0.2) is 5.82 Å². The molecule has 1 amide bonds. The molecule has 3 unspecified atom stereocenters. The van der Waals surface area contributed by atoms with Crippen molar-refractivity contribution in [3.05, 3.63) is 64.7 Å². The Labute approximate surface area is 203 Å². The number of halogens is 1. The minimum absolute atomic E-state index is 0.000427. The van der Waals surface area contributed by atoms with Gasteiger partial charge in [0.1, 0.15) is 5.82 Å². The molecule has 0 radical (unpaired) electrons. The third kappa shape index (κ3) is 3.53. The molecule has 3 aliphatic carbocycles. The summed E-state index contributed by atoms with van der Waals surface area (Å²) < 4.78 is 19.6. The minimum atomic E-state index is -0.0773. The summed E-state index contributed by atoms with van der Waals surface area (Å²) in [4.78, 5) is 12.8. The van der Waals surface area contributed by atoms with Crippen molar-refractivity contribution in [1.82, 2.24) is 20.4 Å². The number of carbonyl (C=O) groups excluding carboxylic acids is 1. The Bertz CT molecular complexity index is 1260. The average Bonchev–Trinajstić information content (AvgIpc) is 3.44. The molecular formula is C27H30FN5O2. The molecule has 0 saturated heterocycles. The number of rotatable bonds is 5. The van der Waals surface area contributed by atoms with Crippen LogP contribution < -0.4 is 10.1 Å². The van der Waals surface area contributed by atoms with Crippen molar-refractivity contribution in [2.45, 2.75) is 62.7 Å². The number of anilines is 1. The van der Waals surface area contributed by atoms with Crippen molar-refractivity contribution in [3.63, 3.8) is 0 Å². The van der Waals surface area contributed by atoms with Gasteiger partial charge in [-0.15, -0.1) is 10.2 Å². The standard InChI is InChI=1S/C27H30FN5O2/c1-27-13-12-16-15-4-3-5-21(28)17(15)6-7-18(16)25(27)19(20-14-29-33-26(20)27)8-10-23(34)30-22-9-11-24(35-2)32-31-22/h3-5,9,11,14,16,18-19,25H,6-8,10,12-13H2,1-2H3,(H,29,33)(H,30,31,34)/t16?,18?,19-,25?,27+/m1/s1. The first-order valence-corrected chi connectivity index (χ1v) is 12.5. The summed E-state index contributed by atoms with van der Waals surface area (Å²) in [6.45, 7) is 2.36. The van der Waals surface area contributed by atoms with Crippen LogP contribution in [0.25, 0.3) is 0 Å². The lowest BCUT2D eigenvalue weighted by atomic mass is 9.53. The first-order chi connectivity index (χ1) is 17.0. The predicted molar refractivity (Wildman–Crippen MR) is 129 cm³/mol. The zero-order valence-corrected chi connectivity index (χ0v) is 20.1. The molecule has 7 nitrogen and oxygen atoms in total. The Morgan fingerprint density at radius 2 is 2.11 bits per heavy atom. The first-order valence-electron chi connectivity index (χ1n) is 12.5. The number of H-pyrrole nitrogens is 1. The summed E-state index contributed by atoms with van der Waals surface area (Å²) >= 11 is 0. The lowest BCUT2D eigenvalue weighted by molar-refractivity contribution is -0.116. The summed E-state index contributed by atoms with van der Waals surface area (Å²) in [6, 6.07) is 8.94. The number of ether oxygens (including phenoxy) is 1. The topological polar surface area (TPSA) is 92.8 Å². The fourth-order valence-corrected chi connectivity index (χ4v) is 7.41. The Kier molecular flexibility index (Phi) is 5.34. The minimum Gasteiger partial charge on any atom is -0.480 e. The normalized spacial score (nSPS) is 28.4. The number of hydrogen-bond acceptors (Lipinski definition) is 5. The largest absolute Gasteiger partial charge is 0.480 e. The van der Waals surface area contributed by atoms with Gasteiger partial charge in [0, 0.05) is 23.6 Å². The number of nitrogens with zero attached hydrogens (tertiary/aromatic N) is 3. The van der Waals surface area contributed by atoms with Crippen LogP contribution in [0.1, 0.15) is 73.2 Å². The number of hydrogen-bond donors (Lipinski definition) is 2. The fourth-order valence-electron chi connectivity index (χ4n) is 7.41. The third-order valence-corrected chi connectivity index (χ3v) is 8.84. The summed E-state index contributed by atoms with van der Waals surface area (Å²) in [5, 5.41) is 18.5.